The number of likely N-dealkylation sites (N-methyl/N-ethyl adjacent to an activating group) is 1. The first-order valence-corrected chi connectivity index (χ1v) is 5.82. The fourth-order valence-corrected chi connectivity index (χ4v) is 1.54. The molecule has 1 amide bonds. The molecule has 92 valence electrons. The quantitative estimate of drug-likeness (QED) is 0.464. The molecule has 1 aromatic rings. The van der Waals surface area contributed by atoms with E-state index in [9.17, 15) is 4.79 Å². The molecule has 0 radical (unpaired) electrons. The van der Waals surface area contributed by atoms with Gasteiger partial charge in [0.2, 0.25) is 5.91 Å². The normalized spacial score (nSPS) is 9.94. The second-order valence-corrected chi connectivity index (χ2v) is 4.16. The number of carbonyl (C=O) groups is 1. The minimum Gasteiger partial charge on any atom is -0.399 e. The van der Waals surface area contributed by atoms with Crippen molar-refractivity contribution < 1.29 is 4.79 Å². The van der Waals surface area contributed by atoms with E-state index in [1.165, 1.54) is 0 Å². The second kappa shape index (κ2) is 6.74. The Morgan fingerprint density at radius 2 is 2.06 bits per heavy atom. The molecule has 2 N–H and O–H groups in total. The van der Waals surface area contributed by atoms with Crippen LogP contribution in [0.2, 0.25) is 0 Å². The van der Waals surface area contributed by atoms with Crippen LogP contribution in [0.5, 0.6) is 0 Å². The lowest BCUT2D eigenvalue weighted by molar-refractivity contribution is -0.129. The summed E-state index contributed by atoms with van der Waals surface area (Å²) in [6.45, 7) is 4.44. The number of unbranched alkanes of at least 4 members (excludes halogenated alkanes) is 1. The van der Waals surface area contributed by atoms with Crippen LogP contribution in [-0.2, 0) is 11.2 Å². The Morgan fingerprint density at radius 1 is 1.41 bits per heavy atom. The van der Waals surface area contributed by atoms with Gasteiger partial charge in [0, 0.05) is 19.3 Å². The van der Waals surface area contributed by atoms with Gasteiger partial charge in [-0.25, -0.2) is 0 Å². The zero-order valence-corrected chi connectivity index (χ0v) is 10.4. The van der Waals surface area contributed by atoms with Crippen LogP contribution in [0.15, 0.2) is 36.9 Å². The van der Waals surface area contributed by atoms with Crippen LogP contribution in [0, 0.1) is 0 Å². The number of benzene rings is 1. The van der Waals surface area contributed by atoms with E-state index in [-0.39, 0.29) is 5.91 Å². The summed E-state index contributed by atoms with van der Waals surface area (Å²) in [6.07, 6.45) is 4.22. The number of allylic oxidation sites excluding steroid dienone is 1. The van der Waals surface area contributed by atoms with Gasteiger partial charge >= 0.3 is 0 Å². The predicted octanol–water partition coefficient (Wildman–Crippen LogP) is 2.24. The van der Waals surface area contributed by atoms with Crippen LogP contribution in [0.4, 0.5) is 5.69 Å². The van der Waals surface area contributed by atoms with Crippen molar-refractivity contribution in [3.8, 4) is 0 Å². The van der Waals surface area contributed by atoms with Gasteiger partial charge in [-0.05, 0) is 30.5 Å². The first kappa shape index (κ1) is 13.3. The largest absolute Gasteiger partial charge is 0.399 e. The molecular weight excluding hydrogens is 212 g/mol. The lowest BCUT2D eigenvalue weighted by atomic mass is 10.1. The SMILES string of the molecule is C=CCCCN(C)C(=O)Cc1ccc(N)cc1. The van der Waals surface area contributed by atoms with Gasteiger partial charge in [-0.1, -0.05) is 18.2 Å². The lowest BCUT2D eigenvalue weighted by Gasteiger charge is -2.16. The summed E-state index contributed by atoms with van der Waals surface area (Å²) in [5.74, 6) is 0.138. The van der Waals surface area contributed by atoms with Gasteiger partial charge in [0.1, 0.15) is 0 Å². The molecule has 0 spiro atoms. The van der Waals surface area contributed by atoms with E-state index in [1.807, 2.05) is 37.4 Å². The molecule has 0 heterocycles. The molecule has 0 aliphatic heterocycles. The van der Waals surface area contributed by atoms with Crippen molar-refractivity contribution >= 4 is 11.6 Å². The highest BCUT2D eigenvalue weighted by Crippen LogP contribution is 2.07. The number of rotatable bonds is 6. The molecule has 0 saturated carbocycles. The van der Waals surface area contributed by atoms with E-state index in [0.29, 0.717) is 6.42 Å². The zero-order chi connectivity index (χ0) is 12.7. The highest BCUT2D eigenvalue weighted by atomic mass is 16.2. The third kappa shape index (κ3) is 4.72. The van der Waals surface area contributed by atoms with Gasteiger partial charge in [-0.15, -0.1) is 6.58 Å². The number of hydrogen-bond donors (Lipinski definition) is 1. The monoisotopic (exact) mass is 232 g/mol. The van der Waals surface area contributed by atoms with Gasteiger partial charge in [0.25, 0.3) is 0 Å². The Balaban J connectivity index is 2.42. The Kier molecular flexibility index (Phi) is 5.27. The average Bonchev–Trinajstić information content (AvgIpc) is 2.32. The van der Waals surface area contributed by atoms with Gasteiger partial charge in [0.05, 0.1) is 6.42 Å². The van der Waals surface area contributed by atoms with Crippen LogP contribution in [0.25, 0.3) is 0 Å². The van der Waals surface area contributed by atoms with E-state index in [4.69, 9.17) is 5.73 Å². The van der Waals surface area contributed by atoms with Crippen molar-refractivity contribution in [2.24, 2.45) is 0 Å². The predicted molar refractivity (Wildman–Crippen MR) is 71.6 cm³/mol. The topological polar surface area (TPSA) is 46.3 Å². The van der Waals surface area contributed by atoms with E-state index in [0.717, 1.165) is 30.6 Å². The lowest BCUT2D eigenvalue weighted by Crippen LogP contribution is -2.29. The maximum absolute atomic E-state index is 11.9. The Morgan fingerprint density at radius 3 is 2.65 bits per heavy atom. The summed E-state index contributed by atoms with van der Waals surface area (Å²) in [4.78, 5) is 13.6. The molecule has 0 unspecified atom stereocenters. The highest BCUT2D eigenvalue weighted by molar-refractivity contribution is 5.78. The van der Waals surface area contributed by atoms with Crippen molar-refractivity contribution in [3.05, 3.63) is 42.5 Å². The summed E-state index contributed by atoms with van der Waals surface area (Å²) < 4.78 is 0. The van der Waals surface area contributed by atoms with Gasteiger partial charge < -0.3 is 10.6 Å². The molecule has 17 heavy (non-hydrogen) atoms. The third-order valence-corrected chi connectivity index (χ3v) is 2.66. The number of nitrogen functional groups attached to an aromatic ring is 1. The van der Waals surface area contributed by atoms with Crippen molar-refractivity contribution in [2.75, 3.05) is 19.3 Å². The highest BCUT2D eigenvalue weighted by Gasteiger charge is 2.08. The van der Waals surface area contributed by atoms with Crippen molar-refractivity contribution in [1.29, 1.82) is 0 Å². The van der Waals surface area contributed by atoms with Crippen LogP contribution in [-0.4, -0.2) is 24.4 Å². The van der Waals surface area contributed by atoms with Gasteiger partial charge in [0.15, 0.2) is 0 Å². The summed E-state index contributed by atoms with van der Waals surface area (Å²) in [6, 6.07) is 7.43. The number of nitrogens with zero attached hydrogens (tertiary/aromatic N) is 1. The zero-order valence-electron chi connectivity index (χ0n) is 10.4. The second-order valence-electron chi connectivity index (χ2n) is 4.16. The Bertz CT molecular complexity index is 370. The number of hydrogen-bond acceptors (Lipinski definition) is 2. The number of carbonyl (C=O) groups excluding carboxylic acids is 1. The summed E-state index contributed by atoms with van der Waals surface area (Å²) >= 11 is 0. The number of anilines is 1. The summed E-state index contributed by atoms with van der Waals surface area (Å²) in [7, 11) is 1.84. The van der Waals surface area contributed by atoms with Crippen molar-refractivity contribution in [1.82, 2.24) is 4.90 Å². The minimum absolute atomic E-state index is 0.138. The maximum Gasteiger partial charge on any atom is 0.226 e. The first-order valence-electron chi connectivity index (χ1n) is 5.82. The molecule has 0 saturated heterocycles. The number of nitrogens with two attached hydrogens (primary N) is 1. The summed E-state index contributed by atoms with van der Waals surface area (Å²) in [5.41, 5.74) is 7.32. The Labute approximate surface area is 103 Å². The molecule has 3 heteroatoms. The molecule has 0 aliphatic rings. The fraction of sp³-hybridized carbons (Fsp3) is 0.357. The van der Waals surface area contributed by atoms with Gasteiger partial charge in [-0.2, -0.15) is 0 Å². The van der Waals surface area contributed by atoms with E-state index < -0.39 is 0 Å². The van der Waals surface area contributed by atoms with Crippen LogP contribution in [0.3, 0.4) is 0 Å². The van der Waals surface area contributed by atoms with E-state index >= 15 is 0 Å². The standard InChI is InChI=1S/C14H20N2O/c1-3-4-5-10-16(2)14(17)11-12-6-8-13(15)9-7-12/h3,6-9H,1,4-5,10-11,15H2,2H3. The van der Waals surface area contributed by atoms with Gasteiger partial charge in [-0.3, -0.25) is 4.79 Å². The summed E-state index contributed by atoms with van der Waals surface area (Å²) in [5, 5.41) is 0. The van der Waals surface area contributed by atoms with Crippen LogP contribution >= 0.6 is 0 Å². The fourth-order valence-electron chi connectivity index (χ4n) is 1.54. The molecule has 1 aromatic carbocycles. The molecule has 0 bridgehead atoms. The molecular formula is C14H20N2O. The van der Waals surface area contributed by atoms with E-state index in [1.54, 1.807) is 4.90 Å². The average molecular weight is 232 g/mol. The molecule has 1 rings (SSSR count). The molecule has 0 fully saturated rings. The molecule has 0 aromatic heterocycles. The van der Waals surface area contributed by atoms with Crippen LogP contribution < -0.4 is 5.73 Å². The first-order chi connectivity index (χ1) is 8.13. The smallest absolute Gasteiger partial charge is 0.226 e. The van der Waals surface area contributed by atoms with E-state index in [2.05, 4.69) is 6.58 Å². The third-order valence-electron chi connectivity index (χ3n) is 2.66. The molecule has 0 aliphatic carbocycles. The maximum atomic E-state index is 11.9. The number of amides is 1. The van der Waals surface area contributed by atoms with Crippen molar-refractivity contribution in [3.63, 3.8) is 0 Å². The van der Waals surface area contributed by atoms with Crippen molar-refractivity contribution in [2.45, 2.75) is 19.3 Å². The molecule has 3 nitrogen and oxygen atoms in total. The van der Waals surface area contributed by atoms with Crippen LogP contribution in [0.1, 0.15) is 18.4 Å². The minimum atomic E-state index is 0.138. The molecule has 0 atom stereocenters. The Hall–Kier alpha value is -1.77.